The molecule has 1 aromatic carbocycles. The molecule has 1 aliphatic rings. The third-order valence-electron chi connectivity index (χ3n) is 4.96. The van der Waals surface area contributed by atoms with E-state index in [0.29, 0.717) is 0 Å². The first-order valence-corrected chi connectivity index (χ1v) is 10.6. The number of amides is 1. The number of nitrogens with zero attached hydrogens (tertiary/aromatic N) is 2. The summed E-state index contributed by atoms with van der Waals surface area (Å²) in [4.78, 5) is 16.3. The van der Waals surface area contributed by atoms with Gasteiger partial charge in [-0.3, -0.25) is 9.78 Å². The molecular weight excluding hydrogens is 362 g/mol. The molecule has 6 nitrogen and oxygen atoms in total. The van der Waals surface area contributed by atoms with Gasteiger partial charge >= 0.3 is 0 Å². The van der Waals surface area contributed by atoms with Gasteiger partial charge in [-0.2, -0.15) is 4.31 Å². The van der Waals surface area contributed by atoms with Crippen molar-refractivity contribution in [2.45, 2.75) is 43.5 Å². The van der Waals surface area contributed by atoms with Gasteiger partial charge in [-0.25, -0.2) is 8.42 Å². The Morgan fingerprint density at radius 1 is 1.22 bits per heavy atom. The van der Waals surface area contributed by atoms with Gasteiger partial charge in [0.05, 0.1) is 12.6 Å². The van der Waals surface area contributed by atoms with Crippen LogP contribution in [0.15, 0.2) is 47.6 Å². The SMILES string of the molecule is CC(NC(=O)CN(C)S(=O)(=O)c1cccnc1)c1ccc2c(c1)CCCC2. The number of nitrogens with one attached hydrogen (secondary N) is 1. The standard InChI is InChI=1S/C20H25N3O3S/c1-15(17-10-9-16-6-3-4-7-18(16)12-17)22-20(24)14-23(2)27(25,26)19-8-5-11-21-13-19/h5,8-13,15H,3-4,6-7,14H2,1-2H3,(H,22,24). The second kappa shape index (κ2) is 8.19. The molecule has 1 N–H and O–H groups in total. The van der Waals surface area contributed by atoms with Gasteiger partial charge in [-0.1, -0.05) is 18.2 Å². The topological polar surface area (TPSA) is 79.4 Å². The van der Waals surface area contributed by atoms with Crippen molar-refractivity contribution in [2.24, 2.45) is 0 Å². The minimum Gasteiger partial charge on any atom is -0.348 e. The molecule has 1 aliphatic carbocycles. The van der Waals surface area contributed by atoms with Gasteiger partial charge < -0.3 is 5.32 Å². The van der Waals surface area contributed by atoms with Crippen molar-refractivity contribution in [1.29, 1.82) is 0 Å². The number of carbonyl (C=O) groups excluding carboxylic acids is 1. The van der Waals surface area contributed by atoms with Crippen molar-refractivity contribution < 1.29 is 13.2 Å². The number of rotatable bonds is 6. The molecule has 1 amide bonds. The summed E-state index contributed by atoms with van der Waals surface area (Å²) in [6.45, 7) is 1.67. The summed E-state index contributed by atoms with van der Waals surface area (Å²) in [7, 11) is -2.34. The fraction of sp³-hybridized carbons (Fsp3) is 0.400. The summed E-state index contributed by atoms with van der Waals surface area (Å²) in [6, 6.07) is 9.19. The molecule has 1 heterocycles. The van der Waals surface area contributed by atoms with Gasteiger partial charge in [0.15, 0.2) is 0 Å². The highest BCUT2D eigenvalue weighted by Crippen LogP contribution is 2.24. The Balaban J connectivity index is 1.63. The Kier molecular flexibility index (Phi) is 5.92. The van der Waals surface area contributed by atoms with E-state index in [2.05, 4.69) is 22.4 Å². The van der Waals surface area contributed by atoms with Crippen molar-refractivity contribution in [3.8, 4) is 0 Å². The molecule has 1 atom stereocenters. The molecule has 1 aromatic heterocycles. The van der Waals surface area contributed by atoms with Crippen LogP contribution >= 0.6 is 0 Å². The maximum absolute atomic E-state index is 12.5. The average Bonchev–Trinajstić information content (AvgIpc) is 2.68. The maximum atomic E-state index is 12.5. The molecule has 144 valence electrons. The first-order chi connectivity index (χ1) is 12.9. The van der Waals surface area contributed by atoms with Crippen molar-refractivity contribution in [3.05, 3.63) is 59.4 Å². The van der Waals surface area contributed by atoms with Crippen LogP contribution in [0, 0.1) is 0 Å². The fourth-order valence-corrected chi connectivity index (χ4v) is 4.45. The highest BCUT2D eigenvalue weighted by atomic mass is 32.2. The molecule has 0 radical (unpaired) electrons. The van der Waals surface area contributed by atoms with E-state index in [0.717, 1.165) is 22.7 Å². The Labute approximate surface area is 160 Å². The van der Waals surface area contributed by atoms with E-state index in [1.165, 1.54) is 49.5 Å². The molecule has 0 saturated heterocycles. The number of pyridine rings is 1. The lowest BCUT2D eigenvalue weighted by molar-refractivity contribution is -0.121. The predicted octanol–water partition coefficient (Wildman–Crippen LogP) is 2.46. The normalized spacial score (nSPS) is 15.2. The van der Waals surface area contributed by atoms with Gasteiger partial charge in [0.1, 0.15) is 4.90 Å². The largest absolute Gasteiger partial charge is 0.348 e. The van der Waals surface area contributed by atoms with Crippen LogP contribution in [0.3, 0.4) is 0 Å². The van der Waals surface area contributed by atoms with Gasteiger partial charge in [0.2, 0.25) is 15.9 Å². The van der Waals surface area contributed by atoms with Crippen LogP contribution in [0.25, 0.3) is 0 Å². The molecule has 27 heavy (non-hydrogen) atoms. The van der Waals surface area contributed by atoms with Gasteiger partial charge in [-0.05, 0) is 61.4 Å². The lowest BCUT2D eigenvalue weighted by Gasteiger charge is -2.21. The molecule has 0 saturated carbocycles. The number of fused-ring (bicyclic) bond motifs is 1. The van der Waals surface area contributed by atoms with E-state index in [-0.39, 0.29) is 23.4 Å². The Bertz CT molecular complexity index is 913. The highest BCUT2D eigenvalue weighted by molar-refractivity contribution is 7.89. The molecule has 7 heteroatoms. The van der Waals surface area contributed by atoms with E-state index < -0.39 is 10.0 Å². The monoisotopic (exact) mass is 387 g/mol. The minimum atomic E-state index is -3.74. The van der Waals surface area contributed by atoms with Crippen molar-refractivity contribution >= 4 is 15.9 Å². The molecule has 2 aromatic rings. The second-order valence-electron chi connectivity index (χ2n) is 6.97. The molecule has 0 aliphatic heterocycles. The number of aromatic nitrogens is 1. The van der Waals surface area contributed by atoms with E-state index in [1.807, 2.05) is 13.0 Å². The van der Waals surface area contributed by atoms with E-state index >= 15 is 0 Å². The molecular formula is C20H25N3O3S. The van der Waals surface area contributed by atoms with Crippen LogP contribution in [0.5, 0.6) is 0 Å². The summed E-state index contributed by atoms with van der Waals surface area (Å²) in [5, 5.41) is 2.90. The Morgan fingerprint density at radius 3 is 2.67 bits per heavy atom. The summed E-state index contributed by atoms with van der Waals surface area (Å²) < 4.78 is 26.0. The summed E-state index contributed by atoms with van der Waals surface area (Å²) in [5.74, 6) is -0.338. The number of carbonyl (C=O) groups is 1. The summed E-state index contributed by atoms with van der Waals surface area (Å²) in [5.41, 5.74) is 3.80. The Hall–Kier alpha value is -2.25. The number of likely N-dealkylation sites (N-methyl/N-ethyl adjacent to an activating group) is 1. The number of benzene rings is 1. The number of hydrogen-bond acceptors (Lipinski definition) is 4. The average molecular weight is 388 g/mol. The van der Waals surface area contributed by atoms with E-state index in [9.17, 15) is 13.2 Å². The quantitative estimate of drug-likeness (QED) is 0.826. The van der Waals surface area contributed by atoms with Crippen LogP contribution < -0.4 is 5.32 Å². The molecule has 1 unspecified atom stereocenters. The molecule has 0 fully saturated rings. The highest BCUT2D eigenvalue weighted by Gasteiger charge is 2.24. The summed E-state index contributed by atoms with van der Waals surface area (Å²) in [6.07, 6.45) is 7.42. The van der Waals surface area contributed by atoms with Crippen LogP contribution in [0.4, 0.5) is 0 Å². The zero-order chi connectivity index (χ0) is 19.4. The molecule has 3 rings (SSSR count). The van der Waals surface area contributed by atoms with Gasteiger partial charge in [-0.15, -0.1) is 0 Å². The van der Waals surface area contributed by atoms with Crippen LogP contribution in [-0.4, -0.2) is 37.2 Å². The van der Waals surface area contributed by atoms with Crippen molar-refractivity contribution in [1.82, 2.24) is 14.6 Å². The first-order valence-electron chi connectivity index (χ1n) is 9.15. The number of sulfonamides is 1. The third-order valence-corrected chi connectivity index (χ3v) is 6.75. The zero-order valence-electron chi connectivity index (χ0n) is 15.7. The number of hydrogen-bond donors (Lipinski definition) is 1. The van der Waals surface area contributed by atoms with Gasteiger partial charge in [0, 0.05) is 19.4 Å². The molecule has 0 spiro atoms. The van der Waals surface area contributed by atoms with Crippen molar-refractivity contribution in [3.63, 3.8) is 0 Å². The lowest BCUT2D eigenvalue weighted by Crippen LogP contribution is -2.39. The van der Waals surface area contributed by atoms with Gasteiger partial charge in [0.25, 0.3) is 0 Å². The zero-order valence-corrected chi connectivity index (χ0v) is 16.5. The molecule has 0 bridgehead atoms. The smallest absolute Gasteiger partial charge is 0.244 e. The van der Waals surface area contributed by atoms with E-state index in [1.54, 1.807) is 6.07 Å². The van der Waals surface area contributed by atoms with Crippen molar-refractivity contribution in [2.75, 3.05) is 13.6 Å². The maximum Gasteiger partial charge on any atom is 0.244 e. The van der Waals surface area contributed by atoms with Crippen LogP contribution in [-0.2, 0) is 27.7 Å². The minimum absolute atomic E-state index is 0.0723. The van der Waals surface area contributed by atoms with Crippen LogP contribution in [0.2, 0.25) is 0 Å². The third kappa shape index (κ3) is 4.54. The fourth-order valence-electron chi connectivity index (χ4n) is 3.36. The predicted molar refractivity (Wildman–Crippen MR) is 104 cm³/mol. The first kappa shape index (κ1) is 19.5. The second-order valence-corrected chi connectivity index (χ2v) is 9.02. The number of aryl methyl sites for hydroxylation is 2. The van der Waals surface area contributed by atoms with Crippen LogP contribution in [0.1, 0.15) is 42.5 Å². The summed E-state index contributed by atoms with van der Waals surface area (Å²) >= 11 is 0. The Morgan fingerprint density at radius 2 is 1.96 bits per heavy atom. The van der Waals surface area contributed by atoms with E-state index in [4.69, 9.17) is 0 Å². The lowest BCUT2D eigenvalue weighted by atomic mass is 9.89.